The Balaban J connectivity index is 0.00000243. The van der Waals surface area contributed by atoms with Gasteiger partial charge in [-0.3, -0.25) is 4.79 Å². The number of rotatable bonds is 3. The molecular formula is C16H22ClF2N3O3S. The fourth-order valence-electron chi connectivity index (χ4n) is 3.30. The lowest BCUT2D eigenvalue weighted by Crippen LogP contribution is -2.52. The third kappa shape index (κ3) is 4.33. The van der Waals surface area contributed by atoms with Gasteiger partial charge in [-0.05, 0) is 38.1 Å². The van der Waals surface area contributed by atoms with Gasteiger partial charge < -0.3 is 10.2 Å². The van der Waals surface area contributed by atoms with Crippen LogP contribution in [0.2, 0.25) is 0 Å². The molecule has 2 aliphatic heterocycles. The standard InChI is InChI=1S/C16H21F2N3O3S.ClH/c17-13-1-2-15(14(18)11-13)25(23,24)21-9-7-20(8-10-21)16(22)12-3-5-19-6-4-12;/h1-2,11-12,19H,3-10H2;1H. The second-order valence-electron chi connectivity index (χ2n) is 6.33. The van der Waals surface area contributed by atoms with Crippen LogP contribution < -0.4 is 5.32 Å². The third-order valence-corrected chi connectivity index (χ3v) is 6.68. The Kier molecular flexibility index (Phi) is 6.95. The van der Waals surface area contributed by atoms with Crippen molar-refractivity contribution in [1.29, 1.82) is 0 Å². The molecule has 0 atom stereocenters. The van der Waals surface area contributed by atoms with Crippen LogP contribution in [0.15, 0.2) is 23.1 Å². The van der Waals surface area contributed by atoms with Crippen LogP contribution in [0, 0.1) is 17.6 Å². The maximum atomic E-state index is 13.8. The first-order chi connectivity index (χ1) is 11.9. The monoisotopic (exact) mass is 409 g/mol. The molecule has 0 spiro atoms. The minimum absolute atomic E-state index is 0. The number of benzene rings is 1. The Bertz CT molecular complexity index is 749. The summed E-state index contributed by atoms with van der Waals surface area (Å²) < 4.78 is 53.1. The first kappa shape index (κ1) is 21.0. The number of halogens is 3. The Hall–Kier alpha value is -1.29. The Morgan fingerprint density at radius 1 is 1.08 bits per heavy atom. The van der Waals surface area contributed by atoms with Gasteiger partial charge in [0.2, 0.25) is 15.9 Å². The van der Waals surface area contributed by atoms with Crippen molar-refractivity contribution >= 4 is 28.3 Å². The van der Waals surface area contributed by atoms with E-state index < -0.39 is 26.6 Å². The predicted molar refractivity (Wildman–Crippen MR) is 94.5 cm³/mol. The number of hydrogen-bond donors (Lipinski definition) is 1. The molecule has 0 saturated carbocycles. The maximum Gasteiger partial charge on any atom is 0.246 e. The molecule has 1 aromatic carbocycles. The molecule has 0 aromatic heterocycles. The molecule has 2 aliphatic rings. The molecule has 146 valence electrons. The van der Waals surface area contributed by atoms with Crippen LogP contribution >= 0.6 is 12.4 Å². The number of carbonyl (C=O) groups is 1. The number of hydrogen-bond acceptors (Lipinski definition) is 4. The van der Waals surface area contributed by atoms with Crippen molar-refractivity contribution in [3.05, 3.63) is 29.8 Å². The number of piperidine rings is 1. The lowest BCUT2D eigenvalue weighted by molar-refractivity contribution is -0.137. The van der Waals surface area contributed by atoms with Gasteiger partial charge in [0.05, 0.1) is 0 Å². The van der Waals surface area contributed by atoms with Crippen LogP contribution in [0.3, 0.4) is 0 Å². The molecule has 0 radical (unpaired) electrons. The van der Waals surface area contributed by atoms with Crippen LogP contribution in [-0.4, -0.2) is 62.8 Å². The second-order valence-corrected chi connectivity index (χ2v) is 8.23. The molecule has 0 bridgehead atoms. The van der Waals surface area contributed by atoms with Crippen LogP contribution in [0.25, 0.3) is 0 Å². The molecule has 10 heteroatoms. The second kappa shape index (κ2) is 8.60. The molecule has 2 heterocycles. The first-order valence-electron chi connectivity index (χ1n) is 8.34. The normalized spacial score (nSPS) is 19.8. The number of amides is 1. The molecule has 0 unspecified atom stereocenters. The minimum Gasteiger partial charge on any atom is -0.340 e. The van der Waals surface area contributed by atoms with Crippen LogP contribution in [0.1, 0.15) is 12.8 Å². The highest BCUT2D eigenvalue weighted by molar-refractivity contribution is 7.89. The van der Waals surface area contributed by atoms with Crippen molar-refractivity contribution in [2.24, 2.45) is 5.92 Å². The summed E-state index contributed by atoms with van der Waals surface area (Å²) in [6.07, 6.45) is 1.58. The molecule has 2 saturated heterocycles. The van der Waals surface area contributed by atoms with Gasteiger partial charge >= 0.3 is 0 Å². The summed E-state index contributed by atoms with van der Waals surface area (Å²) >= 11 is 0. The molecule has 3 rings (SSSR count). The SMILES string of the molecule is Cl.O=C(C1CCNCC1)N1CCN(S(=O)(=O)c2ccc(F)cc2F)CC1. The van der Waals surface area contributed by atoms with Crippen LogP contribution in [0.4, 0.5) is 8.78 Å². The number of nitrogens with one attached hydrogen (secondary N) is 1. The lowest BCUT2D eigenvalue weighted by Gasteiger charge is -2.36. The smallest absolute Gasteiger partial charge is 0.246 e. The molecule has 2 fully saturated rings. The fourth-order valence-corrected chi connectivity index (χ4v) is 4.77. The van der Waals surface area contributed by atoms with Crippen molar-refractivity contribution in [2.45, 2.75) is 17.7 Å². The van der Waals surface area contributed by atoms with Gasteiger partial charge in [-0.1, -0.05) is 0 Å². The average Bonchev–Trinajstić information content (AvgIpc) is 2.61. The van der Waals surface area contributed by atoms with Crippen molar-refractivity contribution in [3.8, 4) is 0 Å². The number of sulfonamides is 1. The zero-order valence-electron chi connectivity index (χ0n) is 14.2. The molecule has 0 aliphatic carbocycles. The van der Waals surface area contributed by atoms with Gasteiger partial charge in [0.15, 0.2) is 0 Å². The van der Waals surface area contributed by atoms with E-state index in [-0.39, 0.29) is 50.4 Å². The number of piperazine rings is 1. The molecule has 26 heavy (non-hydrogen) atoms. The van der Waals surface area contributed by atoms with Gasteiger partial charge in [-0.15, -0.1) is 12.4 Å². The Morgan fingerprint density at radius 2 is 1.69 bits per heavy atom. The molecule has 1 N–H and O–H groups in total. The van der Waals surface area contributed by atoms with Crippen molar-refractivity contribution in [3.63, 3.8) is 0 Å². The van der Waals surface area contributed by atoms with E-state index >= 15 is 0 Å². The van der Waals surface area contributed by atoms with E-state index in [1.165, 1.54) is 0 Å². The molecular weight excluding hydrogens is 388 g/mol. The minimum atomic E-state index is -4.04. The van der Waals surface area contributed by atoms with Crippen molar-refractivity contribution in [2.75, 3.05) is 39.3 Å². The van der Waals surface area contributed by atoms with E-state index in [9.17, 15) is 22.0 Å². The summed E-state index contributed by atoms with van der Waals surface area (Å²) in [6, 6.07) is 2.42. The van der Waals surface area contributed by atoms with Gasteiger partial charge in [0.25, 0.3) is 0 Å². The quantitative estimate of drug-likeness (QED) is 0.815. The maximum absolute atomic E-state index is 13.8. The van der Waals surface area contributed by atoms with Gasteiger partial charge in [0.1, 0.15) is 16.5 Å². The van der Waals surface area contributed by atoms with Crippen molar-refractivity contribution < 1.29 is 22.0 Å². The largest absolute Gasteiger partial charge is 0.340 e. The van der Waals surface area contributed by atoms with Crippen LogP contribution in [-0.2, 0) is 14.8 Å². The Labute approximate surface area is 158 Å². The highest BCUT2D eigenvalue weighted by atomic mass is 35.5. The van der Waals surface area contributed by atoms with E-state index in [2.05, 4.69) is 5.32 Å². The highest BCUT2D eigenvalue weighted by Gasteiger charge is 2.34. The first-order valence-corrected chi connectivity index (χ1v) is 9.78. The van der Waals surface area contributed by atoms with Gasteiger partial charge in [0, 0.05) is 38.2 Å². The zero-order valence-corrected chi connectivity index (χ0v) is 15.8. The summed E-state index contributed by atoms with van der Waals surface area (Å²) in [5.41, 5.74) is 0. The summed E-state index contributed by atoms with van der Waals surface area (Å²) in [5.74, 6) is -1.88. The topological polar surface area (TPSA) is 69.7 Å². The molecule has 1 amide bonds. The average molecular weight is 410 g/mol. The van der Waals surface area contributed by atoms with E-state index in [1.807, 2.05) is 0 Å². The summed E-state index contributed by atoms with van der Waals surface area (Å²) in [5, 5.41) is 3.21. The third-order valence-electron chi connectivity index (χ3n) is 4.75. The van der Waals surface area contributed by atoms with E-state index in [4.69, 9.17) is 0 Å². The molecule has 6 nitrogen and oxygen atoms in total. The Morgan fingerprint density at radius 3 is 2.27 bits per heavy atom. The number of nitrogens with zero attached hydrogens (tertiary/aromatic N) is 2. The summed E-state index contributed by atoms with van der Waals surface area (Å²) in [7, 11) is -4.04. The highest BCUT2D eigenvalue weighted by Crippen LogP contribution is 2.23. The predicted octanol–water partition coefficient (Wildman–Crippen LogP) is 1.22. The van der Waals surface area contributed by atoms with Crippen LogP contribution in [0.5, 0.6) is 0 Å². The van der Waals surface area contributed by atoms with E-state index in [0.29, 0.717) is 6.07 Å². The van der Waals surface area contributed by atoms with Crippen molar-refractivity contribution in [1.82, 2.24) is 14.5 Å². The van der Waals surface area contributed by atoms with E-state index in [0.717, 1.165) is 42.4 Å². The zero-order chi connectivity index (χ0) is 18.0. The summed E-state index contributed by atoms with van der Waals surface area (Å²) in [4.78, 5) is 13.6. The van der Waals surface area contributed by atoms with Gasteiger partial charge in [-0.25, -0.2) is 17.2 Å². The van der Waals surface area contributed by atoms with E-state index in [1.54, 1.807) is 4.90 Å². The lowest BCUT2D eigenvalue weighted by atomic mass is 9.96. The fraction of sp³-hybridized carbons (Fsp3) is 0.562. The molecule has 1 aromatic rings. The van der Waals surface area contributed by atoms with Gasteiger partial charge in [-0.2, -0.15) is 4.31 Å². The number of carbonyl (C=O) groups excluding carboxylic acids is 1. The summed E-state index contributed by atoms with van der Waals surface area (Å²) in [6.45, 7) is 2.41.